The number of benzene rings is 4. The van der Waals surface area contributed by atoms with E-state index in [9.17, 15) is 14.7 Å². The molecule has 0 bridgehead atoms. The van der Waals surface area contributed by atoms with Crippen LogP contribution in [0.2, 0.25) is 10.0 Å². The fraction of sp³-hybridized carbons (Fsp3) is 0.268. The molecule has 54 heavy (non-hydrogen) atoms. The minimum atomic E-state index is -1.66. The first-order chi connectivity index (χ1) is 26.0. The summed E-state index contributed by atoms with van der Waals surface area (Å²) in [6.45, 7) is 0. The number of fused-ring (bicyclic) bond motifs is 4. The van der Waals surface area contributed by atoms with Crippen LogP contribution in [0.3, 0.4) is 0 Å². The Morgan fingerprint density at radius 3 is 2.11 bits per heavy atom. The Balaban J connectivity index is 1.39. The van der Waals surface area contributed by atoms with Crippen LogP contribution in [0.15, 0.2) is 96.6 Å². The molecule has 2 N–H and O–H groups in total. The molecule has 2 saturated heterocycles. The second-order valence-corrected chi connectivity index (χ2v) is 14.7. The van der Waals surface area contributed by atoms with Crippen LogP contribution in [0.25, 0.3) is 0 Å². The van der Waals surface area contributed by atoms with Gasteiger partial charge < -0.3 is 19.3 Å². The van der Waals surface area contributed by atoms with E-state index in [0.29, 0.717) is 33.2 Å². The summed E-state index contributed by atoms with van der Waals surface area (Å²) < 4.78 is 17.3. The highest BCUT2D eigenvalue weighted by atomic mass is 35.5. The smallest absolute Gasteiger partial charge is 0.260 e. The topological polar surface area (TPSA) is 135 Å². The number of carbonyl (C=O) groups excluding carboxylic acids is 4. The molecular weight excluding hydrogens is 733 g/mol. The van der Waals surface area contributed by atoms with Crippen molar-refractivity contribution in [2.24, 2.45) is 23.7 Å². The summed E-state index contributed by atoms with van der Waals surface area (Å²) in [4.78, 5) is 60.4. The summed E-state index contributed by atoms with van der Waals surface area (Å²) in [5, 5.41) is 12.3. The van der Waals surface area contributed by atoms with Gasteiger partial charge in [-0.2, -0.15) is 5.01 Å². The zero-order valence-electron chi connectivity index (χ0n) is 29.4. The number of amides is 4. The van der Waals surface area contributed by atoms with Crippen LogP contribution in [0, 0.1) is 23.7 Å². The SMILES string of the molecule is COc1ccc(C23C(=O)N(Nc4ccc(Cl)cc4Cl)C(=O)C2CC2C(=CCC4C(=O)N(c5ccccc5)C(=O)C42)C3c2c(OC)cc(O)cc2OC)cc1. The molecule has 6 unspecified atom stereocenters. The van der Waals surface area contributed by atoms with Crippen LogP contribution >= 0.6 is 23.2 Å². The fourth-order valence-electron chi connectivity index (χ4n) is 9.20. The number of methoxy groups -OCH3 is 3. The molecule has 276 valence electrons. The Labute approximate surface area is 321 Å². The van der Waals surface area contributed by atoms with E-state index in [4.69, 9.17) is 37.4 Å². The number of allylic oxidation sites excluding steroid dienone is 2. The number of anilines is 2. The van der Waals surface area contributed by atoms with E-state index in [2.05, 4.69) is 5.43 Å². The van der Waals surface area contributed by atoms with Gasteiger partial charge in [0.2, 0.25) is 11.8 Å². The first kappa shape index (κ1) is 35.5. The van der Waals surface area contributed by atoms with Crippen LogP contribution in [0.1, 0.15) is 29.9 Å². The molecule has 13 heteroatoms. The van der Waals surface area contributed by atoms with Gasteiger partial charge in [0.15, 0.2) is 0 Å². The number of para-hydroxylation sites is 1. The molecule has 0 radical (unpaired) electrons. The number of phenolic OH excluding ortho intramolecular Hbond substituents is 1. The van der Waals surface area contributed by atoms with Gasteiger partial charge in [0.25, 0.3) is 11.8 Å². The number of imide groups is 2. The number of nitrogens with zero attached hydrogens (tertiary/aromatic N) is 2. The van der Waals surface area contributed by atoms with E-state index in [0.717, 1.165) is 5.01 Å². The van der Waals surface area contributed by atoms with Crippen molar-refractivity contribution in [2.75, 3.05) is 31.7 Å². The number of rotatable bonds is 8. The quantitative estimate of drug-likeness (QED) is 0.145. The first-order valence-corrected chi connectivity index (χ1v) is 18.1. The molecule has 0 spiro atoms. The molecule has 4 amide bonds. The highest BCUT2D eigenvalue weighted by Gasteiger charge is 2.71. The van der Waals surface area contributed by atoms with Crippen molar-refractivity contribution in [3.8, 4) is 23.0 Å². The molecule has 8 rings (SSSR count). The Bertz CT molecular complexity index is 2220. The van der Waals surface area contributed by atoms with E-state index in [1.165, 1.54) is 44.4 Å². The van der Waals surface area contributed by atoms with Gasteiger partial charge >= 0.3 is 0 Å². The molecule has 3 fully saturated rings. The zero-order chi connectivity index (χ0) is 38.1. The summed E-state index contributed by atoms with van der Waals surface area (Å²) in [6.07, 6.45) is 2.22. The van der Waals surface area contributed by atoms with E-state index in [-0.39, 0.29) is 52.6 Å². The van der Waals surface area contributed by atoms with Crippen molar-refractivity contribution < 1.29 is 38.5 Å². The minimum absolute atomic E-state index is 0.0665. The summed E-state index contributed by atoms with van der Waals surface area (Å²) in [6, 6.07) is 23.3. The number of phenols is 1. The summed E-state index contributed by atoms with van der Waals surface area (Å²) in [7, 11) is 4.41. The summed E-state index contributed by atoms with van der Waals surface area (Å²) in [5.41, 5.74) is 3.66. The van der Waals surface area contributed by atoms with Crippen molar-refractivity contribution in [1.82, 2.24) is 5.01 Å². The lowest BCUT2D eigenvalue weighted by molar-refractivity contribution is -0.138. The third-order valence-electron chi connectivity index (χ3n) is 11.4. The lowest BCUT2D eigenvalue weighted by Gasteiger charge is -2.51. The number of hydrazine groups is 1. The molecule has 4 aliphatic rings. The van der Waals surface area contributed by atoms with E-state index < -0.39 is 46.8 Å². The number of hydrogen-bond acceptors (Lipinski definition) is 9. The summed E-state index contributed by atoms with van der Waals surface area (Å²) in [5.74, 6) is -5.22. The maximum Gasteiger partial charge on any atom is 0.260 e. The number of halogens is 2. The van der Waals surface area contributed by atoms with Crippen LogP contribution in [-0.4, -0.2) is 55.1 Å². The fourth-order valence-corrected chi connectivity index (χ4v) is 9.65. The molecule has 2 aliphatic carbocycles. The molecule has 2 aliphatic heterocycles. The monoisotopic (exact) mass is 767 g/mol. The highest BCUT2D eigenvalue weighted by molar-refractivity contribution is 6.36. The van der Waals surface area contributed by atoms with Gasteiger partial charge in [0, 0.05) is 28.6 Å². The summed E-state index contributed by atoms with van der Waals surface area (Å²) >= 11 is 12.7. The van der Waals surface area contributed by atoms with Crippen LogP contribution in [0.5, 0.6) is 23.0 Å². The Hall–Kier alpha value is -5.52. The number of hydrogen-bond donors (Lipinski definition) is 2. The zero-order valence-corrected chi connectivity index (χ0v) is 30.9. The third kappa shape index (κ3) is 5.16. The largest absolute Gasteiger partial charge is 0.508 e. The number of ether oxygens (including phenoxy) is 3. The van der Waals surface area contributed by atoms with Crippen molar-refractivity contribution in [2.45, 2.75) is 24.2 Å². The predicted octanol–water partition coefficient (Wildman–Crippen LogP) is 6.91. The van der Waals surface area contributed by atoms with Crippen LogP contribution in [-0.2, 0) is 24.6 Å². The molecule has 2 heterocycles. The Morgan fingerprint density at radius 1 is 0.796 bits per heavy atom. The lowest BCUT2D eigenvalue weighted by Crippen LogP contribution is -2.53. The maximum atomic E-state index is 15.6. The van der Waals surface area contributed by atoms with Crippen LogP contribution < -0.4 is 24.5 Å². The number of aromatic hydroxyl groups is 1. The molecule has 1 saturated carbocycles. The highest BCUT2D eigenvalue weighted by Crippen LogP contribution is 2.66. The molecule has 11 nitrogen and oxygen atoms in total. The van der Waals surface area contributed by atoms with Crippen molar-refractivity contribution in [1.29, 1.82) is 0 Å². The van der Waals surface area contributed by atoms with Crippen molar-refractivity contribution in [3.63, 3.8) is 0 Å². The number of nitrogens with one attached hydrogen (secondary N) is 1. The normalized spacial score (nSPS) is 25.9. The number of carbonyl (C=O) groups is 4. The van der Waals surface area contributed by atoms with E-state index >= 15 is 9.59 Å². The van der Waals surface area contributed by atoms with Gasteiger partial charge in [0.05, 0.1) is 60.9 Å². The standard InChI is InChI=1S/C41H35Cl2N3O8/c1-52-25-12-9-21(10-13-25)41-29(38(49)46(40(41)51)44-31-16-11-22(42)17-30(31)43)20-28-26(36(41)35-32(53-2)18-24(47)19-33(35)54-3)14-15-27-34(28)39(50)45(37(27)48)23-7-5-4-6-8-23/h4-14,16-19,27-29,34,36,44,47H,15,20H2,1-3H3. The van der Waals surface area contributed by atoms with Crippen molar-refractivity contribution in [3.05, 3.63) is 118 Å². The van der Waals surface area contributed by atoms with Gasteiger partial charge in [-0.3, -0.25) is 29.5 Å². The molecule has 6 atom stereocenters. The second kappa shape index (κ2) is 13.4. The molecule has 4 aromatic rings. The second-order valence-electron chi connectivity index (χ2n) is 13.8. The molecule has 4 aromatic carbocycles. The first-order valence-electron chi connectivity index (χ1n) is 17.4. The third-order valence-corrected chi connectivity index (χ3v) is 12.0. The Kier molecular flexibility index (Phi) is 8.81. The predicted molar refractivity (Wildman–Crippen MR) is 201 cm³/mol. The average molecular weight is 769 g/mol. The van der Waals surface area contributed by atoms with E-state index in [1.807, 2.05) is 12.1 Å². The minimum Gasteiger partial charge on any atom is -0.508 e. The average Bonchev–Trinajstić information content (AvgIpc) is 3.56. The Morgan fingerprint density at radius 2 is 1.48 bits per heavy atom. The van der Waals surface area contributed by atoms with E-state index in [1.54, 1.807) is 60.7 Å². The van der Waals surface area contributed by atoms with Gasteiger partial charge in [-0.1, -0.05) is 65.2 Å². The van der Waals surface area contributed by atoms with Gasteiger partial charge in [-0.25, -0.2) is 0 Å². The van der Waals surface area contributed by atoms with Crippen molar-refractivity contribution >= 4 is 58.2 Å². The lowest BCUT2D eigenvalue weighted by atomic mass is 9.49. The molecule has 0 aromatic heterocycles. The molecular formula is C41H35Cl2N3O8. The van der Waals surface area contributed by atoms with Crippen LogP contribution in [0.4, 0.5) is 11.4 Å². The van der Waals surface area contributed by atoms with Gasteiger partial charge in [0.1, 0.15) is 23.0 Å². The van der Waals surface area contributed by atoms with Gasteiger partial charge in [-0.15, -0.1) is 0 Å². The maximum absolute atomic E-state index is 15.6. The van der Waals surface area contributed by atoms with Gasteiger partial charge in [-0.05, 0) is 66.8 Å².